The summed E-state index contributed by atoms with van der Waals surface area (Å²) in [6, 6.07) is 6.84. The van der Waals surface area contributed by atoms with Gasteiger partial charge in [-0.2, -0.15) is 0 Å². The van der Waals surface area contributed by atoms with Crippen molar-refractivity contribution in [2.24, 2.45) is 5.41 Å². The van der Waals surface area contributed by atoms with Crippen LogP contribution in [0.3, 0.4) is 0 Å². The normalized spacial score (nSPS) is 19.4. The van der Waals surface area contributed by atoms with Crippen molar-refractivity contribution in [2.45, 2.75) is 50.1 Å². The Morgan fingerprint density at radius 3 is 2.27 bits per heavy atom. The maximum atomic E-state index is 13.4. The van der Waals surface area contributed by atoms with Crippen molar-refractivity contribution in [3.05, 3.63) is 29.8 Å². The summed E-state index contributed by atoms with van der Waals surface area (Å²) in [6.07, 6.45) is 1.54. The molecule has 0 aromatic heterocycles. The fourth-order valence-corrected chi connectivity index (χ4v) is 4.90. The number of carbonyl (C=O) groups excluding carboxylic acids is 3. The molecule has 2 aliphatic rings. The van der Waals surface area contributed by atoms with E-state index in [2.05, 4.69) is 33.2 Å². The molecule has 1 aromatic carbocycles. The molecule has 33 heavy (non-hydrogen) atoms. The van der Waals surface area contributed by atoms with Crippen LogP contribution in [0.4, 0.5) is 10.5 Å². The van der Waals surface area contributed by atoms with Crippen molar-refractivity contribution in [1.29, 1.82) is 0 Å². The highest BCUT2D eigenvalue weighted by molar-refractivity contribution is 14.1. The van der Waals surface area contributed by atoms with Gasteiger partial charge in [-0.05, 0) is 43.0 Å². The predicted molar refractivity (Wildman–Crippen MR) is 138 cm³/mol. The third-order valence-corrected chi connectivity index (χ3v) is 7.30. The van der Waals surface area contributed by atoms with Crippen LogP contribution in [-0.4, -0.2) is 84.4 Å². The van der Waals surface area contributed by atoms with E-state index < -0.39 is 11.5 Å². The Morgan fingerprint density at radius 1 is 1.09 bits per heavy atom. The molecule has 0 aliphatic carbocycles. The van der Waals surface area contributed by atoms with Crippen molar-refractivity contribution < 1.29 is 14.4 Å². The average Bonchev–Trinajstić information content (AvgIpc) is 2.77. The van der Waals surface area contributed by atoms with Gasteiger partial charge in [0.1, 0.15) is 6.04 Å². The second kappa shape index (κ2) is 11.0. The molecular weight excluding hydrogens is 533 g/mol. The summed E-state index contributed by atoms with van der Waals surface area (Å²) in [5.74, 6) is 0.104. The standard InChI is InChI=1S/C24H36IN5O3/c1-24(2,3)21(27-23(33)26-18-7-5-17(15-25)6-8-18)22(32)29-11-9-19(10-12-29)30-14-13-28(4)16-20(30)31/h5-8,19,21H,9-16H2,1-4H3,(H2,26,27,33)/t21-/m0/s1. The molecule has 1 aromatic rings. The van der Waals surface area contributed by atoms with Crippen molar-refractivity contribution >= 4 is 46.1 Å². The first-order valence-corrected chi connectivity index (χ1v) is 13.1. The summed E-state index contributed by atoms with van der Waals surface area (Å²) in [7, 11) is 1.96. The molecule has 0 unspecified atom stereocenters. The van der Waals surface area contributed by atoms with E-state index in [4.69, 9.17) is 0 Å². The molecule has 2 N–H and O–H groups in total. The number of rotatable bonds is 5. The van der Waals surface area contributed by atoms with E-state index in [9.17, 15) is 14.4 Å². The zero-order chi connectivity index (χ0) is 24.2. The highest BCUT2D eigenvalue weighted by Gasteiger charge is 2.38. The van der Waals surface area contributed by atoms with Crippen LogP contribution in [-0.2, 0) is 14.0 Å². The molecule has 2 saturated heterocycles. The van der Waals surface area contributed by atoms with Crippen molar-refractivity contribution in [3.63, 3.8) is 0 Å². The minimum absolute atomic E-state index is 0.0685. The number of benzene rings is 1. The number of urea groups is 1. The first-order valence-electron chi connectivity index (χ1n) is 11.6. The van der Waals surface area contributed by atoms with Gasteiger partial charge in [0, 0.05) is 42.3 Å². The number of hydrogen-bond donors (Lipinski definition) is 2. The lowest BCUT2D eigenvalue weighted by molar-refractivity contribution is -0.141. The minimum atomic E-state index is -0.645. The Hall–Kier alpha value is -1.88. The van der Waals surface area contributed by atoms with Crippen molar-refractivity contribution in [3.8, 4) is 0 Å². The number of alkyl halides is 1. The fraction of sp³-hybridized carbons (Fsp3) is 0.625. The fourth-order valence-electron chi connectivity index (χ4n) is 4.39. The van der Waals surface area contributed by atoms with Crippen LogP contribution >= 0.6 is 22.6 Å². The molecule has 3 rings (SSSR count). The number of piperazine rings is 1. The molecule has 2 fully saturated rings. The number of nitrogens with one attached hydrogen (secondary N) is 2. The van der Waals surface area contributed by atoms with Crippen molar-refractivity contribution in [1.82, 2.24) is 20.0 Å². The Bertz CT molecular complexity index is 847. The van der Waals surface area contributed by atoms with Gasteiger partial charge in [-0.1, -0.05) is 55.5 Å². The van der Waals surface area contributed by atoms with E-state index in [-0.39, 0.29) is 23.9 Å². The molecule has 2 heterocycles. The number of halogens is 1. The quantitative estimate of drug-likeness (QED) is 0.422. The third-order valence-electron chi connectivity index (χ3n) is 6.42. The first-order chi connectivity index (χ1) is 15.6. The molecule has 0 saturated carbocycles. The SMILES string of the molecule is CN1CCN(C2CCN(C(=O)[C@H](NC(=O)Nc3ccc(CI)cc3)C(C)(C)C)CC2)C(=O)C1. The van der Waals surface area contributed by atoms with E-state index >= 15 is 0 Å². The summed E-state index contributed by atoms with van der Waals surface area (Å²) >= 11 is 2.30. The second-order valence-corrected chi connectivity index (χ2v) is 10.9. The van der Waals surface area contributed by atoms with Gasteiger partial charge in [-0.15, -0.1) is 0 Å². The largest absolute Gasteiger partial charge is 0.341 e. The van der Waals surface area contributed by atoms with Gasteiger partial charge in [0.2, 0.25) is 11.8 Å². The van der Waals surface area contributed by atoms with Crippen LogP contribution in [0.2, 0.25) is 0 Å². The first kappa shape index (κ1) is 25.7. The molecule has 0 radical (unpaired) electrons. The van der Waals surface area contributed by atoms with E-state index in [1.165, 1.54) is 5.56 Å². The number of piperidine rings is 1. The number of amides is 4. The Labute approximate surface area is 210 Å². The Kier molecular flexibility index (Phi) is 8.60. The Morgan fingerprint density at radius 2 is 1.73 bits per heavy atom. The summed E-state index contributed by atoms with van der Waals surface area (Å²) in [5, 5.41) is 5.75. The summed E-state index contributed by atoms with van der Waals surface area (Å²) in [5.41, 5.74) is 1.44. The number of likely N-dealkylation sites (N-methyl/N-ethyl adjacent to an activating group) is 1. The summed E-state index contributed by atoms with van der Waals surface area (Å²) in [4.78, 5) is 44.4. The third kappa shape index (κ3) is 6.81. The zero-order valence-electron chi connectivity index (χ0n) is 20.1. The molecule has 2 aliphatic heterocycles. The van der Waals surface area contributed by atoms with Crippen LogP contribution in [0.15, 0.2) is 24.3 Å². The maximum Gasteiger partial charge on any atom is 0.319 e. The monoisotopic (exact) mass is 569 g/mol. The predicted octanol–water partition coefficient (Wildman–Crippen LogP) is 2.92. The number of anilines is 1. The van der Waals surface area contributed by atoms with Gasteiger partial charge in [0.25, 0.3) is 0 Å². The molecule has 182 valence electrons. The van der Waals surface area contributed by atoms with Crippen molar-refractivity contribution in [2.75, 3.05) is 45.1 Å². The molecule has 8 nitrogen and oxygen atoms in total. The van der Waals surface area contributed by atoms with E-state index in [0.717, 1.165) is 30.4 Å². The van der Waals surface area contributed by atoms with Gasteiger partial charge in [0.05, 0.1) is 6.54 Å². The number of carbonyl (C=O) groups is 3. The number of nitrogens with zero attached hydrogens (tertiary/aromatic N) is 3. The van der Waals surface area contributed by atoms with Crippen LogP contribution in [0, 0.1) is 5.41 Å². The molecule has 4 amide bonds. The lowest BCUT2D eigenvalue weighted by atomic mass is 9.85. The summed E-state index contributed by atoms with van der Waals surface area (Å²) in [6.45, 7) is 9.16. The minimum Gasteiger partial charge on any atom is -0.341 e. The van der Waals surface area contributed by atoms with Crippen LogP contribution in [0.25, 0.3) is 0 Å². The molecule has 0 bridgehead atoms. The molecule has 0 spiro atoms. The highest BCUT2D eigenvalue weighted by Crippen LogP contribution is 2.25. The van der Waals surface area contributed by atoms with Gasteiger partial charge < -0.3 is 20.4 Å². The lowest BCUT2D eigenvalue weighted by Crippen LogP contribution is -2.59. The van der Waals surface area contributed by atoms with Gasteiger partial charge in [0.15, 0.2) is 0 Å². The number of likely N-dealkylation sites (tertiary alicyclic amines) is 1. The molecule has 9 heteroatoms. The zero-order valence-corrected chi connectivity index (χ0v) is 22.2. The van der Waals surface area contributed by atoms with E-state index in [1.54, 1.807) is 0 Å². The lowest BCUT2D eigenvalue weighted by Gasteiger charge is -2.43. The topological polar surface area (TPSA) is 85.0 Å². The molecular formula is C24H36IN5O3. The number of hydrogen-bond acceptors (Lipinski definition) is 4. The van der Waals surface area contributed by atoms with Crippen LogP contribution < -0.4 is 10.6 Å². The highest BCUT2D eigenvalue weighted by atomic mass is 127. The van der Waals surface area contributed by atoms with E-state index in [1.807, 2.05) is 66.8 Å². The molecule has 1 atom stereocenters. The smallest absolute Gasteiger partial charge is 0.319 e. The van der Waals surface area contributed by atoms with Gasteiger partial charge in [-0.25, -0.2) is 4.79 Å². The van der Waals surface area contributed by atoms with Gasteiger partial charge in [-0.3, -0.25) is 14.5 Å². The summed E-state index contributed by atoms with van der Waals surface area (Å²) < 4.78 is 0.907. The van der Waals surface area contributed by atoms with Crippen LogP contribution in [0.5, 0.6) is 0 Å². The van der Waals surface area contributed by atoms with E-state index in [0.29, 0.717) is 25.3 Å². The van der Waals surface area contributed by atoms with Crippen LogP contribution in [0.1, 0.15) is 39.2 Å². The second-order valence-electron chi connectivity index (χ2n) is 10.1. The average molecular weight is 569 g/mol. The Balaban J connectivity index is 1.58. The van der Waals surface area contributed by atoms with Gasteiger partial charge >= 0.3 is 6.03 Å². The maximum absolute atomic E-state index is 13.4.